The maximum atomic E-state index is 3.85. The molecule has 2 heteroatoms. The van der Waals surface area contributed by atoms with E-state index in [0.717, 1.165) is 39.3 Å². The number of rotatable bonds is 11. The van der Waals surface area contributed by atoms with Crippen LogP contribution in [0.3, 0.4) is 0 Å². The van der Waals surface area contributed by atoms with Gasteiger partial charge in [0.2, 0.25) is 0 Å². The fourth-order valence-electron chi connectivity index (χ4n) is 2.16. The van der Waals surface area contributed by atoms with E-state index in [1.54, 1.807) is 0 Å². The third kappa shape index (κ3) is 6.50. The second-order valence-corrected chi connectivity index (χ2v) is 4.85. The Hall–Kier alpha value is -1.64. The zero-order valence-electron chi connectivity index (χ0n) is 12.4. The van der Waals surface area contributed by atoms with Crippen LogP contribution in [0.5, 0.6) is 0 Å². The maximum Gasteiger partial charge on any atom is 0.0237 e. The lowest BCUT2D eigenvalue weighted by Crippen LogP contribution is -2.35. The van der Waals surface area contributed by atoms with Crippen LogP contribution in [-0.2, 0) is 6.54 Å². The van der Waals surface area contributed by atoms with Crippen LogP contribution in [0.2, 0.25) is 0 Å². The molecule has 1 aromatic rings. The van der Waals surface area contributed by atoms with Crippen molar-refractivity contribution in [3.63, 3.8) is 0 Å². The highest BCUT2D eigenvalue weighted by Crippen LogP contribution is 2.04. The van der Waals surface area contributed by atoms with Crippen molar-refractivity contribution in [3.05, 3.63) is 73.9 Å². The smallest absolute Gasteiger partial charge is 0.0237 e. The van der Waals surface area contributed by atoms with E-state index >= 15 is 0 Å². The van der Waals surface area contributed by atoms with Gasteiger partial charge >= 0.3 is 0 Å². The molecule has 0 aliphatic rings. The van der Waals surface area contributed by atoms with Crippen molar-refractivity contribution >= 4 is 0 Å². The molecule has 0 amide bonds. The third-order valence-electron chi connectivity index (χ3n) is 3.14. The van der Waals surface area contributed by atoms with E-state index in [9.17, 15) is 0 Å². The van der Waals surface area contributed by atoms with Gasteiger partial charge in [-0.3, -0.25) is 9.80 Å². The molecule has 0 heterocycles. The molecule has 0 fully saturated rings. The quantitative estimate of drug-likeness (QED) is 0.569. The van der Waals surface area contributed by atoms with Crippen molar-refractivity contribution in [2.45, 2.75) is 6.54 Å². The molecule has 0 atom stereocenters. The minimum absolute atomic E-state index is 0.902. The van der Waals surface area contributed by atoms with Crippen molar-refractivity contribution in [2.75, 3.05) is 32.7 Å². The lowest BCUT2D eigenvalue weighted by atomic mass is 10.2. The van der Waals surface area contributed by atoms with Crippen molar-refractivity contribution in [3.8, 4) is 0 Å². The first-order valence-corrected chi connectivity index (χ1v) is 7.11. The monoisotopic (exact) mass is 270 g/mol. The van der Waals surface area contributed by atoms with Gasteiger partial charge in [0.05, 0.1) is 0 Å². The van der Waals surface area contributed by atoms with E-state index in [4.69, 9.17) is 0 Å². The first-order chi connectivity index (χ1) is 9.80. The van der Waals surface area contributed by atoms with E-state index in [-0.39, 0.29) is 0 Å². The summed E-state index contributed by atoms with van der Waals surface area (Å²) in [5.41, 5.74) is 1.34. The van der Waals surface area contributed by atoms with Crippen LogP contribution in [-0.4, -0.2) is 42.5 Å². The molecule has 0 radical (unpaired) electrons. The second kappa shape index (κ2) is 10.2. The molecular weight excluding hydrogens is 244 g/mol. The van der Waals surface area contributed by atoms with Crippen molar-refractivity contribution < 1.29 is 0 Å². The van der Waals surface area contributed by atoms with Gasteiger partial charge in [-0.25, -0.2) is 0 Å². The molecule has 0 aliphatic carbocycles. The van der Waals surface area contributed by atoms with Crippen LogP contribution < -0.4 is 0 Å². The van der Waals surface area contributed by atoms with E-state index in [0.29, 0.717) is 0 Å². The fourth-order valence-corrected chi connectivity index (χ4v) is 2.16. The van der Waals surface area contributed by atoms with Gasteiger partial charge in [-0.2, -0.15) is 0 Å². The topological polar surface area (TPSA) is 6.48 Å². The van der Waals surface area contributed by atoms with Crippen LogP contribution in [0.25, 0.3) is 0 Å². The molecule has 2 nitrogen and oxygen atoms in total. The van der Waals surface area contributed by atoms with Gasteiger partial charge in [0.25, 0.3) is 0 Å². The summed E-state index contributed by atoms with van der Waals surface area (Å²) in [5, 5.41) is 0. The maximum absolute atomic E-state index is 3.85. The molecule has 0 bridgehead atoms. The summed E-state index contributed by atoms with van der Waals surface area (Å²) in [5.74, 6) is 0. The summed E-state index contributed by atoms with van der Waals surface area (Å²) in [4.78, 5) is 4.74. The van der Waals surface area contributed by atoms with E-state index in [1.165, 1.54) is 5.56 Å². The first kappa shape index (κ1) is 16.4. The largest absolute Gasteiger partial charge is 0.295 e. The van der Waals surface area contributed by atoms with Crippen LogP contribution in [0, 0.1) is 0 Å². The summed E-state index contributed by atoms with van der Waals surface area (Å²) in [7, 11) is 0. The van der Waals surface area contributed by atoms with Gasteiger partial charge in [-0.1, -0.05) is 48.6 Å². The Morgan fingerprint density at radius 2 is 1.25 bits per heavy atom. The van der Waals surface area contributed by atoms with Crippen molar-refractivity contribution in [2.24, 2.45) is 0 Å². The Morgan fingerprint density at radius 1 is 0.750 bits per heavy atom. The van der Waals surface area contributed by atoms with E-state index in [2.05, 4.69) is 59.9 Å². The van der Waals surface area contributed by atoms with Crippen molar-refractivity contribution in [1.82, 2.24) is 9.80 Å². The Kier molecular flexibility index (Phi) is 8.36. The lowest BCUT2D eigenvalue weighted by Gasteiger charge is -2.25. The molecule has 0 spiro atoms. The molecule has 0 aliphatic heterocycles. The van der Waals surface area contributed by atoms with Gasteiger partial charge < -0.3 is 0 Å². The molecule has 0 saturated heterocycles. The standard InChI is InChI=1S/C18H26N2/c1-4-12-19(13-5-2)15-16-20(14-6-3)17-18-10-8-7-9-11-18/h4-11H,1-3,12-17H2. The third-order valence-corrected chi connectivity index (χ3v) is 3.14. The number of hydrogen-bond donors (Lipinski definition) is 0. The molecule has 0 unspecified atom stereocenters. The minimum Gasteiger partial charge on any atom is -0.295 e. The van der Waals surface area contributed by atoms with E-state index < -0.39 is 0 Å². The predicted molar refractivity (Wildman–Crippen MR) is 88.8 cm³/mol. The molecule has 20 heavy (non-hydrogen) atoms. The summed E-state index contributed by atoms with van der Waals surface area (Å²) in [6.07, 6.45) is 5.85. The summed E-state index contributed by atoms with van der Waals surface area (Å²) in [6.45, 7) is 17.2. The highest BCUT2D eigenvalue weighted by molar-refractivity contribution is 5.14. The Bertz CT molecular complexity index is 387. The summed E-state index contributed by atoms with van der Waals surface area (Å²) < 4.78 is 0. The molecule has 108 valence electrons. The Balaban J connectivity index is 2.51. The zero-order valence-corrected chi connectivity index (χ0v) is 12.4. The van der Waals surface area contributed by atoms with Gasteiger partial charge in [-0.05, 0) is 5.56 Å². The number of benzene rings is 1. The van der Waals surface area contributed by atoms with Crippen molar-refractivity contribution in [1.29, 1.82) is 0 Å². The molecular formula is C18H26N2. The van der Waals surface area contributed by atoms with Gasteiger partial charge in [0.1, 0.15) is 0 Å². The van der Waals surface area contributed by atoms with Crippen LogP contribution in [0.15, 0.2) is 68.3 Å². The molecule has 0 N–H and O–H groups in total. The average Bonchev–Trinajstić information content (AvgIpc) is 2.46. The molecule has 0 aromatic heterocycles. The lowest BCUT2D eigenvalue weighted by molar-refractivity contribution is 0.234. The summed E-state index contributed by atoms with van der Waals surface area (Å²) >= 11 is 0. The Labute approximate surface area is 123 Å². The predicted octanol–water partition coefficient (Wildman–Crippen LogP) is 3.35. The van der Waals surface area contributed by atoms with Gasteiger partial charge in [0.15, 0.2) is 0 Å². The van der Waals surface area contributed by atoms with Crippen LogP contribution >= 0.6 is 0 Å². The molecule has 0 saturated carbocycles. The van der Waals surface area contributed by atoms with E-state index in [1.807, 2.05) is 18.2 Å². The van der Waals surface area contributed by atoms with Crippen LogP contribution in [0.1, 0.15) is 5.56 Å². The average molecular weight is 270 g/mol. The first-order valence-electron chi connectivity index (χ1n) is 7.11. The molecule has 1 rings (SSSR count). The highest BCUT2D eigenvalue weighted by atomic mass is 15.2. The highest BCUT2D eigenvalue weighted by Gasteiger charge is 2.07. The van der Waals surface area contributed by atoms with Gasteiger partial charge in [0, 0.05) is 39.3 Å². The number of nitrogens with zero attached hydrogens (tertiary/aromatic N) is 2. The second-order valence-electron chi connectivity index (χ2n) is 4.85. The fraction of sp³-hybridized carbons (Fsp3) is 0.333. The van der Waals surface area contributed by atoms with Gasteiger partial charge in [-0.15, -0.1) is 19.7 Å². The SMILES string of the molecule is C=CCN(CC=C)CCN(CC=C)Cc1ccccc1. The minimum atomic E-state index is 0.902. The molecule has 1 aromatic carbocycles. The normalized spacial score (nSPS) is 10.7. The Morgan fingerprint density at radius 3 is 1.80 bits per heavy atom. The zero-order chi connectivity index (χ0) is 14.6. The summed E-state index contributed by atoms with van der Waals surface area (Å²) in [6, 6.07) is 10.6. The van der Waals surface area contributed by atoms with Crippen LogP contribution in [0.4, 0.5) is 0 Å². The number of hydrogen-bond acceptors (Lipinski definition) is 2.